The standard InChI is InChI=1S/C22H28N4O2S/c1-2-28-22(26-8-3-4-9-26)16-5-10-25(11-6-16)20-19-18(17-7-12-27-13-17)14-29-21(19)24-15-23-20/h7,12-16,22H,2-6,8-11H2,1H3. The first kappa shape index (κ1) is 19.0. The quantitative estimate of drug-likeness (QED) is 0.589. The fourth-order valence-corrected chi connectivity index (χ4v) is 5.74. The maximum Gasteiger partial charge on any atom is 0.141 e. The number of likely N-dealkylation sites (tertiary alicyclic amines) is 1. The number of rotatable bonds is 6. The molecule has 0 aromatic carbocycles. The molecule has 7 heteroatoms. The second-order valence-corrected chi connectivity index (χ2v) is 8.81. The molecular formula is C22H28N4O2S. The summed E-state index contributed by atoms with van der Waals surface area (Å²) in [6, 6.07) is 2.01. The molecule has 2 saturated heterocycles. The molecule has 3 aromatic heterocycles. The van der Waals surface area contributed by atoms with Crippen LogP contribution in [-0.2, 0) is 4.74 Å². The van der Waals surface area contributed by atoms with Gasteiger partial charge in [0.05, 0.1) is 17.9 Å². The molecular weight excluding hydrogens is 384 g/mol. The van der Waals surface area contributed by atoms with Crippen molar-refractivity contribution in [1.29, 1.82) is 0 Å². The highest BCUT2D eigenvalue weighted by atomic mass is 32.1. The summed E-state index contributed by atoms with van der Waals surface area (Å²) in [5, 5.41) is 3.32. The van der Waals surface area contributed by atoms with Gasteiger partial charge in [0, 0.05) is 55.2 Å². The number of anilines is 1. The second kappa shape index (κ2) is 8.42. The van der Waals surface area contributed by atoms with Crippen LogP contribution in [0.1, 0.15) is 32.6 Å². The van der Waals surface area contributed by atoms with Crippen LogP contribution in [0.3, 0.4) is 0 Å². The van der Waals surface area contributed by atoms with Crippen molar-refractivity contribution in [1.82, 2.24) is 14.9 Å². The molecule has 154 valence electrons. The Balaban J connectivity index is 1.37. The fourth-order valence-electron chi connectivity index (χ4n) is 4.83. The topological polar surface area (TPSA) is 54.6 Å². The number of nitrogens with zero attached hydrogens (tertiary/aromatic N) is 4. The van der Waals surface area contributed by atoms with E-state index in [4.69, 9.17) is 14.1 Å². The van der Waals surface area contributed by atoms with Crippen LogP contribution in [0, 0.1) is 5.92 Å². The SMILES string of the molecule is CCOC(C1CCN(c2ncnc3scc(-c4ccoc4)c23)CC1)N1CCCC1. The maximum atomic E-state index is 6.21. The van der Waals surface area contributed by atoms with Gasteiger partial charge in [-0.25, -0.2) is 9.97 Å². The monoisotopic (exact) mass is 412 g/mol. The minimum atomic E-state index is 0.276. The van der Waals surface area contributed by atoms with Gasteiger partial charge in [-0.3, -0.25) is 4.90 Å². The molecule has 29 heavy (non-hydrogen) atoms. The lowest BCUT2D eigenvalue weighted by molar-refractivity contribution is -0.0858. The van der Waals surface area contributed by atoms with Crippen molar-refractivity contribution in [3.8, 4) is 11.1 Å². The average molecular weight is 413 g/mol. The van der Waals surface area contributed by atoms with E-state index in [0.29, 0.717) is 5.92 Å². The van der Waals surface area contributed by atoms with Crippen molar-refractivity contribution in [2.75, 3.05) is 37.7 Å². The van der Waals surface area contributed by atoms with Crippen LogP contribution in [0.5, 0.6) is 0 Å². The van der Waals surface area contributed by atoms with E-state index in [-0.39, 0.29) is 6.23 Å². The van der Waals surface area contributed by atoms with E-state index < -0.39 is 0 Å². The number of ether oxygens (including phenoxy) is 1. The summed E-state index contributed by atoms with van der Waals surface area (Å²) in [5.41, 5.74) is 2.26. The number of fused-ring (bicyclic) bond motifs is 1. The summed E-state index contributed by atoms with van der Waals surface area (Å²) < 4.78 is 11.5. The Bertz CT molecular complexity index is 928. The van der Waals surface area contributed by atoms with E-state index in [9.17, 15) is 0 Å². The molecule has 5 rings (SSSR count). The van der Waals surface area contributed by atoms with Crippen LogP contribution < -0.4 is 4.90 Å². The van der Waals surface area contributed by atoms with Crippen LogP contribution in [-0.4, -0.2) is 53.9 Å². The van der Waals surface area contributed by atoms with E-state index >= 15 is 0 Å². The molecule has 2 aliphatic rings. The number of aromatic nitrogens is 2. The van der Waals surface area contributed by atoms with Gasteiger partial charge in [0.25, 0.3) is 0 Å². The predicted octanol–water partition coefficient (Wildman–Crippen LogP) is 4.63. The Hall–Kier alpha value is -1.96. The summed E-state index contributed by atoms with van der Waals surface area (Å²) in [6.45, 7) is 7.28. The third-order valence-electron chi connectivity index (χ3n) is 6.26. The van der Waals surface area contributed by atoms with Gasteiger partial charge in [-0.15, -0.1) is 11.3 Å². The number of hydrogen-bond acceptors (Lipinski definition) is 7. The molecule has 0 N–H and O–H groups in total. The van der Waals surface area contributed by atoms with Crippen LogP contribution >= 0.6 is 11.3 Å². The smallest absolute Gasteiger partial charge is 0.141 e. The zero-order chi connectivity index (χ0) is 19.6. The molecule has 2 fully saturated rings. The lowest BCUT2D eigenvalue weighted by Crippen LogP contribution is -2.46. The summed E-state index contributed by atoms with van der Waals surface area (Å²) in [7, 11) is 0. The molecule has 0 aliphatic carbocycles. The molecule has 0 bridgehead atoms. The molecule has 0 spiro atoms. The first-order valence-electron chi connectivity index (χ1n) is 10.7. The van der Waals surface area contributed by atoms with Gasteiger partial charge in [-0.1, -0.05) is 0 Å². The van der Waals surface area contributed by atoms with Gasteiger partial charge in [-0.05, 0) is 38.7 Å². The molecule has 3 aromatic rings. The fraction of sp³-hybridized carbons (Fsp3) is 0.545. The largest absolute Gasteiger partial charge is 0.472 e. The van der Waals surface area contributed by atoms with Gasteiger partial charge in [0.2, 0.25) is 0 Å². The van der Waals surface area contributed by atoms with Crippen molar-refractivity contribution in [2.24, 2.45) is 5.92 Å². The van der Waals surface area contributed by atoms with Gasteiger partial charge >= 0.3 is 0 Å². The van der Waals surface area contributed by atoms with Crippen LogP contribution in [0.4, 0.5) is 5.82 Å². The highest BCUT2D eigenvalue weighted by molar-refractivity contribution is 7.17. The predicted molar refractivity (Wildman–Crippen MR) is 116 cm³/mol. The minimum Gasteiger partial charge on any atom is -0.472 e. The van der Waals surface area contributed by atoms with E-state index in [2.05, 4.69) is 27.1 Å². The van der Waals surface area contributed by atoms with Crippen LogP contribution in [0.2, 0.25) is 0 Å². The summed E-state index contributed by atoms with van der Waals surface area (Å²) in [6.07, 6.45) is 10.4. The lowest BCUT2D eigenvalue weighted by atomic mass is 9.94. The van der Waals surface area contributed by atoms with Crippen LogP contribution in [0.15, 0.2) is 34.7 Å². The Morgan fingerprint density at radius 3 is 2.76 bits per heavy atom. The third kappa shape index (κ3) is 3.67. The van der Waals surface area contributed by atoms with Crippen LogP contribution in [0.25, 0.3) is 21.3 Å². The van der Waals surface area contributed by atoms with Crippen molar-refractivity contribution in [2.45, 2.75) is 38.8 Å². The van der Waals surface area contributed by atoms with Crippen molar-refractivity contribution in [3.05, 3.63) is 30.3 Å². The van der Waals surface area contributed by atoms with E-state index in [1.165, 1.54) is 31.5 Å². The van der Waals surface area contributed by atoms with E-state index in [1.54, 1.807) is 30.2 Å². The summed E-state index contributed by atoms with van der Waals surface area (Å²) in [4.78, 5) is 15.2. The van der Waals surface area contributed by atoms with Crippen molar-refractivity contribution >= 4 is 27.4 Å². The lowest BCUT2D eigenvalue weighted by Gasteiger charge is -2.40. The highest BCUT2D eigenvalue weighted by Gasteiger charge is 2.33. The second-order valence-electron chi connectivity index (χ2n) is 7.95. The van der Waals surface area contributed by atoms with Gasteiger partial charge < -0.3 is 14.1 Å². The van der Waals surface area contributed by atoms with Gasteiger partial charge in [0.1, 0.15) is 23.2 Å². The average Bonchev–Trinajstić information content (AvgIpc) is 3.53. The molecule has 5 heterocycles. The van der Waals surface area contributed by atoms with E-state index in [0.717, 1.165) is 54.1 Å². The maximum absolute atomic E-state index is 6.21. The number of furan rings is 1. The number of piperidine rings is 1. The van der Waals surface area contributed by atoms with Crippen molar-refractivity contribution in [3.63, 3.8) is 0 Å². The molecule has 0 saturated carbocycles. The van der Waals surface area contributed by atoms with Gasteiger partial charge in [-0.2, -0.15) is 0 Å². The zero-order valence-corrected chi connectivity index (χ0v) is 17.7. The first-order chi connectivity index (χ1) is 14.3. The molecule has 1 atom stereocenters. The first-order valence-corrected chi connectivity index (χ1v) is 11.6. The molecule has 0 amide bonds. The summed E-state index contributed by atoms with van der Waals surface area (Å²) >= 11 is 1.67. The third-order valence-corrected chi connectivity index (χ3v) is 7.15. The summed E-state index contributed by atoms with van der Waals surface area (Å²) in [5.74, 6) is 1.65. The Morgan fingerprint density at radius 2 is 2.03 bits per heavy atom. The highest BCUT2D eigenvalue weighted by Crippen LogP contribution is 2.39. The molecule has 6 nitrogen and oxygen atoms in total. The van der Waals surface area contributed by atoms with Crippen molar-refractivity contribution < 1.29 is 9.15 Å². The normalized spacial score (nSPS) is 20.0. The Labute approximate surface area is 175 Å². The minimum absolute atomic E-state index is 0.276. The van der Waals surface area contributed by atoms with E-state index in [1.807, 2.05) is 6.07 Å². The van der Waals surface area contributed by atoms with Gasteiger partial charge in [0.15, 0.2) is 0 Å². The number of hydrogen-bond donors (Lipinski definition) is 0. The molecule has 2 aliphatic heterocycles. The Morgan fingerprint density at radius 1 is 1.21 bits per heavy atom. The zero-order valence-electron chi connectivity index (χ0n) is 16.9. The number of thiophene rings is 1. The molecule has 0 radical (unpaired) electrons. The molecule has 1 unspecified atom stereocenters. The Kier molecular flexibility index (Phi) is 5.52.